The molecule has 2 atom stereocenters. The lowest BCUT2D eigenvalue weighted by molar-refractivity contribution is 0.0596. The second kappa shape index (κ2) is 5.19. The lowest BCUT2D eigenvalue weighted by atomic mass is 9.77. The molecular formula is C13H23N3O. The highest BCUT2D eigenvalue weighted by atomic mass is 16.5. The summed E-state index contributed by atoms with van der Waals surface area (Å²) < 4.78 is 7.62. The summed E-state index contributed by atoms with van der Waals surface area (Å²) in [5, 5.41) is 7.54. The van der Waals surface area contributed by atoms with Crippen molar-refractivity contribution >= 4 is 0 Å². The maximum atomic E-state index is 5.75. The van der Waals surface area contributed by atoms with Crippen LogP contribution in [0, 0.1) is 5.41 Å². The predicted octanol–water partition coefficient (Wildman–Crippen LogP) is 1.37. The minimum Gasteiger partial charge on any atom is -0.378 e. The van der Waals surface area contributed by atoms with Crippen molar-refractivity contribution in [3.05, 3.63) is 18.0 Å². The summed E-state index contributed by atoms with van der Waals surface area (Å²) in [6.45, 7) is 4.14. The van der Waals surface area contributed by atoms with Crippen LogP contribution in [0.5, 0.6) is 0 Å². The number of ether oxygens (including phenoxy) is 1. The molecular weight excluding hydrogens is 214 g/mol. The molecule has 0 aliphatic carbocycles. The molecule has 4 nitrogen and oxygen atoms in total. The van der Waals surface area contributed by atoms with Gasteiger partial charge in [0, 0.05) is 31.8 Å². The van der Waals surface area contributed by atoms with Gasteiger partial charge in [-0.2, -0.15) is 5.10 Å². The van der Waals surface area contributed by atoms with Gasteiger partial charge in [0.05, 0.1) is 12.3 Å². The molecule has 0 bridgehead atoms. The summed E-state index contributed by atoms with van der Waals surface area (Å²) in [5.41, 5.74) is 1.62. The molecule has 0 spiro atoms. The molecule has 1 aromatic rings. The van der Waals surface area contributed by atoms with Crippen molar-refractivity contribution in [1.29, 1.82) is 0 Å². The van der Waals surface area contributed by atoms with Crippen LogP contribution in [-0.4, -0.2) is 36.1 Å². The number of hydrogen-bond acceptors (Lipinski definition) is 3. The summed E-state index contributed by atoms with van der Waals surface area (Å²) in [6, 6.07) is 0. The van der Waals surface area contributed by atoms with Crippen molar-refractivity contribution in [2.75, 3.05) is 20.2 Å². The second-order valence-corrected chi connectivity index (χ2v) is 5.18. The van der Waals surface area contributed by atoms with E-state index in [4.69, 9.17) is 4.74 Å². The van der Waals surface area contributed by atoms with E-state index in [-0.39, 0.29) is 0 Å². The highest BCUT2D eigenvalue weighted by Crippen LogP contribution is 2.38. The first-order valence-electron chi connectivity index (χ1n) is 6.40. The van der Waals surface area contributed by atoms with E-state index in [2.05, 4.69) is 23.5 Å². The molecule has 17 heavy (non-hydrogen) atoms. The van der Waals surface area contributed by atoms with Crippen LogP contribution in [0.4, 0.5) is 0 Å². The van der Waals surface area contributed by atoms with Gasteiger partial charge in [-0.15, -0.1) is 0 Å². The number of nitrogens with zero attached hydrogens (tertiary/aromatic N) is 2. The number of hydrogen-bond donors (Lipinski definition) is 1. The Morgan fingerprint density at radius 3 is 3.00 bits per heavy atom. The molecule has 4 heteroatoms. The van der Waals surface area contributed by atoms with Gasteiger partial charge in [0.2, 0.25) is 0 Å². The molecule has 0 amide bonds. The van der Waals surface area contributed by atoms with Crippen LogP contribution in [0.15, 0.2) is 12.4 Å². The summed E-state index contributed by atoms with van der Waals surface area (Å²) in [4.78, 5) is 0. The fraction of sp³-hybridized carbons (Fsp3) is 0.769. The molecule has 1 aliphatic heterocycles. The van der Waals surface area contributed by atoms with Gasteiger partial charge in [0.1, 0.15) is 0 Å². The average Bonchev–Trinajstić information content (AvgIpc) is 2.85. The summed E-state index contributed by atoms with van der Waals surface area (Å²) >= 11 is 0. The highest BCUT2D eigenvalue weighted by molar-refractivity contribution is 5.05. The molecule has 0 radical (unpaired) electrons. The monoisotopic (exact) mass is 237 g/mol. The molecule has 0 saturated carbocycles. The number of rotatable bonds is 5. The quantitative estimate of drug-likeness (QED) is 0.840. The third-order valence-corrected chi connectivity index (χ3v) is 4.03. The molecule has 1 aromatic heterocycles. The second-order valence-electron chi connectivity index (χ2n) is 5.18. The zero-order chi connectivity index (χ0) is 12.3. The highest BCUT2D eigenvalue weighted by Gasteiger charge is 2.40. The van der Waals surface area contributed by atoms with E-state index < -0.39 is 0 Å². The van der Waals surface area contributed by atoms with Gasteiger partial charge in [0.25, 0.3) is 0 Å². The minimum absolute atomic E-state index is 0.296. The number of nitrogens with one attached hydrogen (secondary N) is 1. The first kappa shape index (κ1) is 12.6. The van der Waals surface area contributed by atoms with Gasteiger partial charge in [-0.25, -0.2) is 0 Å². The Bertz CT molecular complexity index is 363. The first-order chi connectivity index (χ1) is 8.16. The van der Waals surface area contributed by atoms with Crippen LogP contribution >= 0.6 is 0 Å². The molecule has 2 unspecified atom stereocenters. The molecule has 1 aliphatic rings. The minimum atomic E-state index is 0.296. The lowest BCUT2D eigenvalue weighted by Crippen LogP contribution is -2.38. The van der Waals surface area contributed by atoms with Crippen LogP contribution in [0.1, 0.15) is 25.3 Å². The standard InChI is InChI=1S/C13H23N3O/c1-11-13(10-14-2,6-7-17-11)5-4-12-8-15-16(3)9-12/h8-9,11,14H,4-7,10H2,1-3H3. The zero-order valence-electron chi connectivity index (χ0n) is 11.1. The fourth-order valence-corrected chi connectivity index (χ4v) is 2.81. The van der Waals surface area contributed by atoms with Gasteiger partial charge in [0.15, 0.2) is 0 Å². The van der Waals surface area contributed by atoms with Gasteiger partial charge in [-0.05, 0) is 38.8 Å². The van der Waals surface area contributed by atoms with E-state index in [0.29, 0.717) is 11.5 Å². The summed E-state index contributed by atoms with van der Waals surface area (Å²) in [6.07, 6.45) is 7.84. The van der Waals surface area contributed by atoms with E-state index in [9.17, 15) is 0 Å². The summed E-state index contributed by atoms with van der Waals surface area (Å²) in [5.74, 6) is 0. The third kappa shape index (κ3) is 2.69. The van der Waals surface area contributed by atoms with Crippen molar-refractivity contribution < 1.29 is 4.74 Å². The van der Waals surface area contributed by atoms with Crippen LogP contribution in [0.25, 0.3) is 0 Å². The summed E-state index contributed by atoms with van der Waals surface area (Å²) in [7, 11) is 3.99. The maximum absolute atomic E-state index is 5.75. The van der Waals surface area contributed by atoms with Crippen molar-refractivity contribution in [3.8, 4) is 0 Å². The van der Waals surface area contributed by atoms with Crippen molar-refractivity contribution in [2.24, 2.45) is 12.5 Å². The van der Waals surface area contributed by atoms with E-state index in [1.54, 1.807) is 0 Å². The van der Waals surface area contributed by atoms with Crippen LogP contribution in [0.3, 0.4) is 0 Å². The van der Waals surface area contributed by atoms with Gasteiger partial charge >= 0.3 is 0 Å². The molecule has 2 heterocycles. The predicted molar refractivity (Wildman–Crippen MR) is 67.9 cm³/mol. The smallest absolute Gasteiger partial charge is 0.0616 e. The number of aryl methyl sites for hydroxylation is 2. The average molecular weight is 237 g/mol. The maximum Gasteiger partial charge on any atom is 0.0616 e. The molecule has 2 rings (SSSR count). The Morgan fingerprint density at radius 2 is 2.47 bits per heavy atom. The van der Waals surface area contributed by atoms with E-state index in [0.717, 1.165) is 26.0 Å². The Hall–Kier alpha value is -0.870. The SMILES string of the molecule is CNCC1(CCc2cnn(C)c2)CCOC1C. The van der Waals surface area contributed by atoms with Crippen molar-refractivity contribution in [3.63, 3.8) is 0 Å². The van der Waals surface area contributed by atoms with Gasteiger partial charge in [-0.3, -0.25) is 4.68 Å². The largest absolute Gasteiger partial charge is 0.378 e. The van der Waals surface area contributed by atoms with Crippen molar-refractivity contribution in [1.82, 2.24) is 15.1 Å². The Kier molecular flexibility index (Phi) is 3.84. The van der Waals surface area contributed by atoms with Crippen LogP contribution < -0.4 is 5.32 Å². The number of aromatic nitrogens is 2. The molecule has 0 aromatic carbocycles. The van der Waals surface area contributed by atoms with Crippen molar-refractivity contribution in [2.45, 2.75) is 32.3 Å². The van der Waals surface area contributed by atoms with E-state index >= 15 is 0 Å². The van der Waals surface area contributed by atoms with Crippen LogP contribution in [0.2, 0.25) is 0 Å². The normalized spacial score (nSPS) is 28.8. The van der Waals surface area contributed by atoms with E-state index in [1.807, 2.05) is 25.0 Å². The molecule has 1 N–H and O–H groups in total. The molecule has 1 fully saturated rings. The Morgan fingerprint density at radius 1 is 1.65 bits per heavy atom. The molecule has 96 valence electrons. The lowest BCUT2D eigenvalue weighted by Gasteiger charge is -2.32. The van der Waals surface area contributed by atoms with Gasteiger partial charge < -0.3 is 10.1 Å². The Labute approximate surface area is 103 Å². The fourth-order valence-electron chi connectivity index (χ4n) is 2.81. The topological polar surface area (TPSA) is 39.1 Å². The first-order valence-corrected chi connectivity index (χ1v) is 6.40. The van der Waals surface area contributed by atoms with Gasteiger partial charge in [-0.1, -0.05) is 0 Å². The zero-order valence-corrected chi connectivity index (χ0v) is 11.1. The van der Waals surface area contributed by atoms with E-state index in [1.165, 1.54) is 12.0 Å². The molecule has 1 saturated heterocycles. The van der Waals surface area contributed by atoms with Crippen LogP contribution in [-0.2, 0) is 18.2 Å². The third-order valence-electron chi connectivity index (χ3n) is 4.03. The Balaban J connectivity index is 1.98.